The lowest BCUT2D eigenvalue weighted by Crippen LogP contribution is -2.32. The molecule has 0 bridgehead atoms. The molecule has 1 aliphatic rings. The number of hydrogen-bond acceptors (Lipinski definition) is 6. The maximum Gasteiger partial charge on any atom is 0.330 e. The highest BCUT2D eigenvalue weighted by Crippen LogP contribution is 2.19. The summed E-state index contributed by atoms with van der Waals surface area (Å²) in [4.78, 5) is 25.2. The minimum Gasteiger partial charge on any atom is -0.494 e. The smallest absolute Gasteiger partial charge is 0.330 e. The summed E-state index contributed by atoms with van der Waals surface area (Å²) >= 11 is 7.32. The average Bonchev–Trinajstić information content (AvgIpc) is 2.77. The topological polar surface area (TPSA) is 67.9 Å². The van der Waals surface area contributed by atoms with E-state index in [0.29, 0.717) is 18.0 Å². The van der Waals surface area contributed by atoms with Crippen LogP contribution >= 0.6 is 24.0 Å². The summed E-state index contributed by atoms with van der Waals surface area (Å²) < 4.78 is 11.3. The first-order chi connectivity index (χ1) is 14.6. The van der Waals surface area contributed by atoms with Crippen molar-refractivity contribution in [2.24, 2.45) is 0 Å². The minimum atomic E-state index is -0.575. The van der Waals surface area contributed by atoms with Crippen molar-refractivity contribution in [2.45, 2.75) is 38.5 Å². The van der Waals surface area contributed by atoms with Gasteiger partial charge in [0, 0.05) is 42.7 Å². The number of esters is 1. The Kier molecular flexibility index (Phi) is 11.3. The van der Waals surface area contributed by atoms with Gasteiger partial charge in [-0.3, -0.25) is 4.79 Å². The number of nitrogens with zero attached hydrogens (tertiary/aromatic N) is 1. The van der Waals surface area contributed by atoms with Gasteiger partial charge in [-0.15, -0.1) is 0 Å². The number of hydrogen-bond donors (Lipinski definition) is 1. The first-order valence-corrected chi connectivity index (χ1v) is 11.7. The van der Waals surface area contributed by atoms with E-state index in [0.717, 1.165) is 54.6 Å². The first-order valence-electron chi connectivity index (χ1n) is 10.3. The van der Waals surface area contributed by atoms with E-state index in [9.17, 15) is 9.59 Å². The van der Waals surface area contributed by atoms with Crippen molar-refractivity contribution in [3.05, 3.63) is 36.4 Å². The van der Waals surface area contributed by atoms with Gasteiger partial charge in [0.15, 0.2) is 0 Å². The Morgan fingerprint density at radius 2 is 1.97 bits per heavy atom. The summed E-state index contributed by atoms with van der Waals surface area (Å²) in [5.74, 6) is 0.771. The van der Waals surface area contributed by atoms with Crippen LogP contribution in [0.25, 0.3) is 0 Å². The number of anilines is 1. The Morgan fingerprint density at radius 1 is 1.17 bits per heavy atom. The van der Waals surface area contributed by atoms with E-state index in [1.807, 2.05) is 12.1 Å². The van der Waals surface area contributed by atoms with Crippen LogP contribution in [-0.2, 0) is 14.3 Å². The molecule has 2 rings (SSSR count). The van der Waals surface area contributed by atoms with Crippen molar-refractivity contribution in [1.29, 1.82) is 0 Å². The van der Waals surface area contributed by atoms with Gasteiger partial charge >= 0.3 is 5.97 Å². The van der Waals surface area contributed by atoms with Crippen LogP contribution in [0, 0.1) is 0 Å². The number of thioether (sulfide) groups is 1. The summed E-state index contributed by atoms with van der Waals surface area (Å²) in [7, 11) is 1.26. The number of likely N-dealkylation sites (tertiary alicyclic amines) is 1. The molecule has 0 unspecified atom stereocenters. The number of piperidine rings is 1. The van der Waals surface area contributed by atoms with Gasteiger partial charge in [0.25, 0.3) is 0 Å². The van der Waals surface area contributed by atoms with Crippen LogP contribution < -0.4 is 10.1 Å². The Labute approximate surface area is 188 Å². The summed E-state index contributed by atoms with van der Waals surface area (Å²) in [6.45, 7) is 2.85. The average molecular weight is 451 g/mol. The van der Waals surface area contributed by atoms with Crippen molar-refractivity contribution < 1.29 is 19.1 Å². The second kappa shape index (κ2) is 14.0. The molecule has 1 aliphatic heterocycles. The van der Waals surface area contributed by atoms with Gasteiger partial charge < -0.3 is 19.7 Å². The van der Waals surface area contributed by atoms with Gasteiger partial charge in [-0.05, 0) is 50.7 Å². The van der Waals surface area contributed by atoms with Crippen LogP contribution in [0.3, 0.4) is 0 Å². The third kappa shape index (κ3) is 9.63. The van der Waals surface area contributed by atoms with Crippen molar-refractivity contribution in [2.75, 3.05) is 37.9 Å². The van der Waals surface area contributed by atoms with Crippen LogP contribution in [0.5, 0.6) is 5.75 Å². The minimum absolute atomic E-state index is 0.405. The molecule has 6 nitrogen and oxygen atoms in total. The molecule has 8 heteroatoms. The van der Waals surface area contributed by atoms with E-state index in [1.54, 1.807) is 23.9 Å². The number of rotatable bonds is 10. The Balaban J connectivity index is 1.59. The quantitative estimate of drug-likeness (QED) is 0.245. The van der Waals surface area contributed by atoms with Crippen molar-refractivity contribution >= 4 is 45.9 Å². The standard InChI is InChI=1S/C22H30N2O4S2/c1-27-21(26)12-11-20(25)23-18-9-8-10-19(17-18)28-15-6-3-7-16-30-22(29)24-13-4-2-5-14-24/h8-12,17H,2-7,13-16H2,1H3,(H,23,25)/b12-11+. The van der Waals surface area contributed by atoms with Gasteiger partial charge in [0.05, 0.1) is 13.7 Å². The van der Waals surface area contributed by atoms with Crippen LogP contribution in [0.15, 0.2) is 36.4 Å². The van der Waals surface area contributed by atoms with Crippen LogP contribution in [0.2, 0.25) is 0 Å². The van der Waals surface area contributed by atoms with E-state index in [1.165, 1.54) is 26.4 Å². The van der Waals surface area contributed by atoms with Gasteiger partial charge in [-0.2, -0.15) is 0 Å². The van der Waals surface area contributed by atoms with E-state index >= 15 is 0 Å². The molecule has 1 amide bonds. The lowest BCUT2D eigenvalue weighted by atomic mass is 10.1. The maximum atomic E-state index is 11.8. The molecular formula is C22H30N2O4S2. The highest BCUT2D eigenvalue weighted by atomic mass is 32.2. The largest absolute Gasteiger partial charge is 0.494 e. The highest BCUT2D eigenvalue weighted by Gasteiger charge is 2.13. The summed E-state index contributed by atoms with van der Waals surface area (Å²) in [5.41, 5.74) is 0.606. The van der Waals surface area contributed by atoms with E-state index < -0.39 is 11.9 Å². The number of carbonyl (C=O) groups is 2. The molecule has 164 valence electrons. The molecule has 1 N–H and O–H groups in total. The second-order valence-corrected chi connectivity index (χ2v) is 8.67. The predicted molar refractivity (Wildman–Crippen MR) is 126 cm³/mol. The zero-order valence-electron chi connectivity index (χ0n) is 17.4. The summed E-state index contributed by atoms with van der Waals surface area (Å²) in [5, 5.41) is 2.69. The lowest BCUT2D eigenvalue weighted by Gasteiger charge is -2.28. The normalized spacial score (nSPS) is 13.8. The number of ether oxygens (including phenoxy) is 2. The zero-order valence-corrected chi connectivity index (χ0v) is 19.1. The molecule has 0 aromatic heterocycles. The van der Waals surface area contributed by atoms with Crippen LogP contribution in [-0.4, -0.2) is 53.7 Å². The maximum absolute atomic E-state index is 11.8. The Bertz CT molecular complexity index is 734. The van der Waals surface area contributed by atoms with Crippen LogP contribution in [0.4, 0.5) is 5.69 Å². The second-order valence-electron chi connectivity index (χ2n) is 6.94. The predicted octanol–water partition coefficient (Wildman–Crippen LogP) is 4.41. The molecule has 0 atom stereocenters. The zero-order chi connectivity index (χ0) is 21.6. The third-order valence-electron chi connectivity index (χ3n) is 4.57. The molecule has 30 heavy (non-hydrogen) atoms. The van der Waals surface area contributed by atoms with Crippen molar-refractivity contribution in [3.63, 3.8) is 0 Å². The molecule has 0 aliphatic carbocycles. The first kappa shape index (κ1) is 24.2. The number of unbranched alkanes of at least 4 members (excludes halogenated alkanes) is 2. The van der Waals surface area contributed by atoms with Crippen molar-refractivity contribution in [3.8, 4) is 5.75 Å². The van der Waals surface area contributed by atoms with Crippen LogP contribution in [0.1, 0.15) is 38.5 Å². The molecule has 1 heterocycles. The number of methoxy groups -OCH3 is 1. The molecule has 1 fully saturated rings. The summed E-state index contributed by atoms with van der Waals surface area (Å²) in [6, 6.07) is 7.19. The molecular weight excluding hydrogens is 420 g/mol. The monoisotopic (exact) mass is 450 g/mol. The van der Waals surface area contributed by atoms with Crippen molar-refractivity contribution in [1.82, 2.24) is 4.90 Å². The fourth-order valence-corrected chi connectivity index (χ4v) is 4.28. The highest BCUT2D eigenvalue weighted by molar-refractivity contribution is 8.22. The molecule has 1 saturated heterocycles. The van der Waals surface area contributed by atoms with Gasteiger partial charge in [0.2, 0.25) is 5.91 Å². The number of thiocarbonyl (C=S) groups is 1. The number of benzene rings is 1. The molecule has 1 aromatic carbocycles. The lowest BCUT2D eigenvalue weighted by molar-refractivity contribution is -0.135. The fourth-order valence-electron chi connectivity index (χ4n) is 2.96. The Hall–Kier alpha value is -2.06. The van der Waals surface area contributed by atoms with Gasteiger partial charge in [0.1, 0.15) is 10.1 Å². The van der Waals surface area contributed by atoms with Gasteiger partial charge in [-0.1, -0.05) is 30.0 Å². The molecule has 0 radical (unpaired) electrons. The van der Waals surface area contributed by atoms with E-state index in [4.69, 9.17) is 17.0 Å². The number of nitrogens with one attached hydrogen (secondary N) is 1. The fraction of sp³-hybridized carbons (Fsp3) is 0.500. The van der Waals surface area contributed by atoms with E-state index in [-0.39, 0.29) is 0 Å². The Morgan fingerprint density at radius 3 is 2.73 bits per heavy atom. The third-order valence-corrected chi connectivity index (χ3v) is 6.18. The molecule has 1 aromatic rings. The van der Waals surface area contributed by atoms with Gasteiger partial charge in [-0.25, -0.2) is 4.79 Å². The molecule has 0 saturated carbocycles. The number of carbonyl (C=O) groups excluding carboxylic acids is 2. The summed E-state index contributed by atoms with van der Waals surface area (Å²) in [6.07, 6.45) is 9.22. The number of amides is 1. The van der Waals surface area contributed by atoms with E-state index in [2.05, 4.69) is 15.0 Å². The SMILES string of the molecule is COC(=O)/C=C/C(=O)Nc1cccc(OCCCCCSC(=S)N2CCCCC2)c1. The molecule has 0 spiro atoms.